The van der Waals surface area contributed by atoms with Crippen molar-refractivity contribution >= 4 is 29.4 Å². The summed E-state index contributed by atoms with van der Waals surface area (Å²) in [6.07, 6.45) is 1.06. The lowest BCUT2D eigenvalue weighted by molar-refractivity contribution is -0.386. The van der Waals surface area contributed by atoms with Crippen LogP contribution in [0.2, 0.25) is 5.02 Å². The first-order valence-electron chi connectivity index (χ1n) is 7.17. The van der Waals surface area contributed by atoms with E-state index >= 15 is 0 Å². The Morgan fingerprint density at radius 1 is 1.38 bits per heavy atom. The molecule has 0 aromatic heterocycles. The first-order valence-corrected chi connectivity index (χ1v) is 7.55. The molecule has 0 atom stereocenters. The Bertz CT molecular complexity index is 856. The summed E-state index contributed by atoms with van der Waals surface area (Å²) in [5, 5.41) is 24.8. The maximum absolute atomic E-state index is 11.7. The Morgan fingerprint density at radius 2 is 2.12 bits per heavy atom. The molecule has 0 heterocycles. The summed E-state index contributed by atoms with van der Waals surface area (Å²) < 4.78 is 10.1. The van der Waals surface area contributed by atoms with Crippen LogP contribution < -0.4 is 14.9 Å². The van der Waals surface area contributed by atoms with Gasteiger partial charge in [0.1, 0.15) is 5.75 Å². The monoisotopic (exact) mass is 379 g/mol. The fraction of sp³-hybridized carbons (Fsp3) is 0.125. The lowest BCUT2D eigenvalue weighted by Crippen LogP contribution is -2.24. The van der Waals surface area contributed by atoms with Crippen molar-refractivity contribution in [3.63, 3.8) is 0 Å². The van der Waals surface area contributed by atoms with Crippen LogP contribution in [0.4, 0.5) is 5.69 Å². The number of hydrogen-bond acceptors (Lipinski definition) is 7. The Labute approximate surface area is 153 Å². The molecule has 0 aliphatic carbocycles. The molecule has 0 saturated heterocycles. The van der Waals surface area contributed by atoms with Gasteiger partial charge in [-0.3, -0.25) is 14.9 Å². The Kier molecular flexibility index (Phi) is 6.34. The minimum atomic E-state index is -0.720. The molecule has 26 heavy (non-hydrogen) atoms. The lowest BCUT2D eigenvalue weighted by atomic mass is 10.1. The van der Waals surface area contributed by atoms with E-state index < -0.39 is 16.5 Å². The normalized spacial score (nSPS) is 10.5. The number of methoxy groups -OCH3 is 1. The number of rotatable bonds is 7. The summed E-state index contributed by atoms with van der Waals surface area (Å²) in [5.41, 5.74) is 1.74. The van der Waals surface area contributed by atoms with Gasteiger partial charge in [0, 0.05) is 0 Å². The molecule has 0 radical (unpaired) electrons. The molecule has 0 saturated carbocycles. The summed E-state index contributed by atoms with van der Waals surface area (Å²) in [7, 11) is 1.19. The molecular weight excluding hydrogens is 366 g/mol. The molecule has 0 aliphatic rings. The van der Waals surface area contributed by atoms with Crippen LogP contribution in [0, 0.1) is 10.1 Å². The van der Waals surface area contributed by atoms with E-state index in [2.05, 4.69) is 10.5 Å². The van der Waals surface area contributed by atoms with E-state index in [0.717, 1.165) is 6.21 Å². The van der Waals surface area contributed by atoms with Crippen LogP contribution in [0.1, 0.15) is 5.56 Å². The highest BCUT2D eigenvalue weighted by Gasteiger charge is 2.23. The largest absolute Gasteiger partial charge is 0.504 e. The number of carbonyl (C=O) groups is 1. The standard InChI is InChI=1S/C16H14ClN3O6/c1-25-16-12(21)7-6-10(15(16)20(23)24)8-18-19-14(22)9-26-13-5-3-2-4-11(13)17/h2-8,21H,9H2,1H3,(H,19,22)/b18-8-. The number of phenolic OH excluding ortho intramolecular Hbond substituents is 1. The van der Waals surface area contributed by atoms with Crippen LogP contribution in [0.15, 0.2) is 41.5 Å². The van der Waals surface area contributed by atoms with Crippen molar-refractivity contribution < 1.29 is 24.3 Å². The number of benzene rings is 2. The van der Waals surface area contributed by atoms with E-state index in [9.17, 15) is 20.0 Å². The molecule has 2 rings (SSSR count). The van der Waals surface area contributed by atoms with Crippen LogP contribution >= 0.6 is 11.6 Å². The summed E-state index contributed by atoms with van der Waals surface area (Å²) in [6, 6.07) is 9.13. The van der Waals surface area contributed by atoms with E-state index in [1.807, 2.05) is 0 Å². The number of ether oxygens (including phenoxy) is 2. The number of nitrogens with one attached hydrogen (secondary N) is 1. The van der Waals surface area contributed by atoms with Crippen molar-refractivity contribution in [1.82, 2.24) is 5.43 Å². The first-order chi connectivity index (χ1) is 12.4. The maximum Gasteiger partial charge on any atom is 0.323 e. The van der Waals surface area contributed by atoms with Gasteiger partial charge in [0.15, 0.2) is 12.4 Å². The zero-order valence-corrected chi connectivity index (χ0v) is 14.3. The van der Waals surface area contributed by atoms with Gasteiger partial charge in [-0.05, 0) is 24.3 Å². The van der Waals surface area contributed by atoms with Gasteiger partial charge in [-0.1, -0.05) is 23.7 Å². The van der Waals surface area contributed by atoms with Crippen molar-refractivity contribution in [2.24, 2.45) is 5.10 Å². The molecule has 136 valence electrons. The van der Waals surface area contributed by atoms with Crippen LogP contribution in [0.5, 0.6) is 17.2 Å². The summed E-state index contributed by atoms with van der Waals surface area (Å²) in [4.78, 5) is 22.2. The summed E-state index contributed by atoms with van der Waals surface area (Å²) >= 11 is 5.90. The Morgan fingerprint density at radius 3 is 2.77 bits per heavy atom. The first kappa shape index (κ1) is 19.0. The van der Waals surface area contributed by atoms with Gasteiger partial charge in [0.05, 0.1) is 28.8 Å². The van der Waals surface area contributed by atoms with Crippen molar-refractivity contribution in [2.45, 2.75) is 0 Å². The Hall–Kier alpha value is -3.33. The predicted molar refractivity (Wildman–Crippen MR) is 94.0 cm³/mol. The summed E-state index contributed by atoms with van der Waals surface area (Å²) in [6.45, 7) is -0.345. The average Bonchev–Trinajstić information content (AvgIpc) is 2.61. The number of halogens is 1. The van der Waals surface area contributed by atoms with Crippen molar-refractivity contribution in [3.8, 4) is 17.2 Å². The van der Waals surface area contributed by atoms with Crippen molar-refractivity contribution in [3.05, 3.63) is 57.1 Å². The number of aromatic hydroxyl groups is 1. The van der Waals surface area contributed by atoms with E-state index in [0.29, 0.717) is 10.8 Å². The van der Waals surface area contributed by atoms with E-state index in [1.54, 1.807) is 24.3 Å². The second kappa shape index (κ2) is 8.67. The number of para-hydroxylation sites is 1. The highest BCUT2D eigenvalue weighted by atomic mass is 35.5. The molecule has 2 N–H and O–H groups in total. The molecular formula is C16H14ClN3O6. The number of phenols is 1. The van der Waals surface area contributed by atoms with Crippen molar-refractivity contribution in [2.75, 3.05) is 13.7 Å². The van der Waals surface area contributed by atoms with Crippen LogP contribution in [-0.2, 0) is 4.79 Å². The number of carbonyl (C=O) groups excluding carboxylic acids is 1. The van der Waals surface area contributed by atoms with Crippen LogP contribution in [0.25, 0.3) is 0 Å². The quantitative estimate of drug-likeness (QED) is 0.432. The second-order valence-electron chi connectivity index (χ2n) is 4.83. The van der Waals surface area contributed by atoms with Gasteiger partial charge < -0.3 is 14.6 Å². The number of amides is 1. The number of nitro groups is 1. The SMILES string of the molecule is COc1c(O)ccc(/C=N\NC(=O)COc2ccccc2Cl)c1[N+](=O)[O-]. The third kappa shape index (κ3) is 4.61. The molecule has 2 aromatic carbocycles. The third-order valence-electron chi connectivity index (χ3n) is 3.12. The maximum atomic E-state index is 11.7. The highest BCUT2D eigenvalue weighted by molar-refractivity contribution is 6.32. The molecule has 9 nitrogen and oxygen atoms in total. The topological polar surface area (TPSA) is 123 Å². The molecule has 0 unspecified atom stereocenters. The van der Waals surface area contributed by atoms with E-state index in [1.165, 1.54) is 19.2 Å². The summed E-state index contributed by atoms with van der Waals surface area (Å²) in [5.74, 6) is -0.928. The van der Waals surface area contributed by atoms with Crippen LogP contribution in [-0.4, -0.2) is 35.9 Å². The number of nitro benzene ring substituents is 1. The molecule has 10 heteroatoms. The zero-order chi connectivity index (χ0) is 19.1. The fourth-order valence-electron chi connectivity index (χ4n) is 1.98. The molecule has 0 aliphatic heterocycles. The van der Waals surface area contributed by atoms with Gasteiger partial charge >= 0.3 is 5.69 Å². The highest BCUT2D eigenvalue weighted by Crippen LogP contribution is 2.37. The third-order valence-corrected chi connectivity index (χ3v) is 3.43. The minimum absolute atomic E-state index is 0.0389. The van der Waals surface area contributed by atoms with Gasteiger partial charge in [0.25, 0.3) is 5.91 Å². The van der Waals surface area contributed by atoms with Gasteiger partial charge in [-0.2, -0.15) is 5.10 Å². The molecule has 2 aromatic rings. The second-order valence-corrected chi connectivity index (χ2v) is 5.23. The zero-order valence-electron chi connectivity index (χ0n) is 13.5. The lowest BCUT2D eigenvalue weighted by Gasteiger charge is -2.07. The molecule has 1 amide bonds. The smallest absolute Gasteiger partial charge is 0.323 e. The van der Waals surface area contributed by atoms with Crippen LogP contribution in [0.3, 0.4) is 0 Å². The molecule has 0 bridgehead atoms. The van der Waals surface area contributed by atoms with Gasteiger partial charge in [-0.25, -0.2) is 5.43 Å². The van der Waals surface area contributed by atoms with Crippen molar-refractivity contribution in [1.29, 1.82) is 0 Å². The predicted octanol–water partition coefficient (Wildman–Crippen LogP) is 2.49. The average molecular weight is 380 g/mol. The van der Waals surface area contributed by atoms with E-state index in [-0.39, 0.29) is 23.7 Å². The minimum Gasteiger partial charge on any atom is -0.504 e. The number of nitrogens with zero attached hydrogens (tertiary/aromatic N) is 2. The molecule has 0 fully saturated rings. The number of hydrazone groups is 1. The van der Waals surface area contributed by atoms with E-state index in [4.69, 9.17) is 21.1 Å². The fourth-order valence-corrected chi connectivity index (χ4v) is 2.17. The Balaban J connectivity index is 2.03. The van der Waals surface area contributed by atoms with Gasteiger partial charge in [-0.15, -0.1) is 0 Å². The van der Waals surface area contributed by atoms with Gasteiger partial charge in [0.2, 0.25) is 5.75 Å². The number of hydrogen-bond donors (Lipinski definition) is 2. The molecule has 0 spiro atoms.